The van der Waals surface area contributed by atoms with E-state index < -0.39 is 0 Å². The number of hydrogen-bond donors (Lipinski definition) is 2. The first kappa shape index (κ1) is 25.3. The largest absolute Gasteiger partial charge is 0.497 e. The molecule has 0 atom stereocenters. The lowest BCUT2D eigenvalue weighted by Gasteiger charge is -2.27. The zero-order valence-corrected chi connectivity index (χ0v) is 21.0. The van der Waals surface area contributed by atoms with Crippen molar-refractivity contribution in [1.29, 1.82) is 0 Å². The Hall–Kier alpha value is -3.82. The number of carbonyl (C=O) groups excluding carboxylic acids is 2. The lowest BCUT2D eigenvalue weighted by molar-refractivity contribution is -0.119. The summed E-state index contributed by atoms with van der Waals surface area (Å²) in [6, 6.07) is 11.1. The van der Waals surface area contributed by atoms with E-state index in [-0.39, 0.29) is 11.8 Å². The van der Waals surface area contributed by atoms with Crippen LogP contribution in [-0.2, 0) is 17.9 Å². The van der Waals surface area contributed by atoms with Gasteiger partial charge in [-0.15, -0.1) is 10.2 Å². The molecule has 4 rings (SSSR count). The second-order valence-corrected chi connectivity index (χ2v) is 9.41. The lowest BCUT2D eigenvalue weighted by atomic mass is 9.82. The summed E-state index contributed by atoms with van der Waals surface area (Å²) in [4.78, 5) is 30.0. The average Bonchev–Trinajstić information content (AvgIpc) is 3.35. The van der Waals surface area contributed by atoms with Gasteiger partial charge >= 0.3 is 0 Å². The first-order chi connectivity index (χ1) is 17.4. The zero-order chi connectivity index (χ0) is 25.5. The van der Waals surface area contributed by atoms with Crippen molar-refractivity contribution in [3.8, 4) is 17.1 Å². The van der Waals surface area contributed by atoms with Crippen LogP contribution in [0.4, 0.5) is 0 Å². The molecule has 0 aliphatic heterocycles. The summed E-state index contributed by atoms with van der Waals surface area (Å²) in [5.41, 5.74) is 2.65. The van der Waals surface area contributed by atoms with Crippen molar-refractivity contribution in [2.45, 2.75) is 52.6 Å². The molecule has 3 aromatic rings. The third-order valence-corrected chi connectivity index (χ3v) is 6.51. The number of aromatic nitrogens is 5. The molecule has 1 fully saturated rings. The van der Waals surface area contributed by atoms with E-state index in [0.29, 0.717) is 47.7 Å². The van der Waals surface area contributed by atoms with Gasteiger partial charge in [0.25, 0.3) is 5.91 Å². The molecule has 2 heterocycles. The molecule has 36 heavy (non-hydrogen) atoms. The van der Waals surface area contributed by atoms with Crippen molar-refractivity contribution in [3.05, 3.63) is 53.3 Å². The fraction of sp³-hybridized carbons (Fsp3) is 0.462. The van der Waals surface area contributed by atoms with Crippen LogP contribution in [0, 0.1) is 18.8 Å². The summed E-state index contributed by atoms with van der Waals surface area (Å²) >= 11 is 0. The molecule has 0 spiro atoms. The number of ether oxygens (including phenoxy) is 1. The molecule has 10 heteroatoms. The molecular formula is C26H33N7O3. The number of carbonyl (C=O) groups is 2. The van der Waals surface area contributed by atoms with Crippen molar-refractivity contribution in [2.75, 3.05) is 13.7 Å². The fourth-order valence-electron chi connectivity index (χ4n) is 4.54. The molecule has 0 unspecified atom stereocenters. The molecule has 2 amide bonds. The van der Waals surface area contributed by atoms with Crippen LogP contribution in [0.2, 0.25) is 0 Å². The standard InChI is InChI=1S/C26H33N7O3/c1-17-11-22(13-24(29-17)26(35)28-15-21-5-4-6-23(12-21)36-3)25-30-32-33(31-25)16-20-9-7-19(8-10-20)14-27-18(2)34/h4-6,11-13,19-20H,7-10,14-16H2,1-3H3,(H,27,34)(H,28,35). The smallest absolute Gasteiger partial charge is 0.270 e. The van der Waals surface area contributed by atoms with Gasteiger partial charge in [-0.25, -0.2) is 4.98 Å². The second-order valence-electron chi connectivity index (χ2n) is 9.41. The molecule has 190 valence electrons. The number of nitrogens with zero attached hydrogens (tertiary/aromatic N) is 5. The van der Waals surface area contributed by atoms with E-state index >= 15 is 0 Å². The Morgan fingerprint density at radius 2 is 1.86 bits per heavy atom. The van der Waals surface area contributed by atoms with E-state index in [4.69, 9.17) is 4.74 Å². The number of amides is 2. The van der Waals surface area contributed by atoms with Crippen LogP contribution in [0.3, 0.4) is 0 Å². The highest BCUT2D eigenvalue weighted by Gasteiger charge is 2.23. The first-order valence-corrected chi connectivity index (χ1v) is 12.3. The third kappa shape index (κ3) is 6.87. The number of methoxy groups -OCH3 is 1. The van der Waals surface area contributed by atoms with Gasteiger partial charge in [-0.05, 0) is 79.5 Å². The summed E-state index contributed by atoms with van der Waals surface area (Å²) in [5, 5.41) is 18.9. The SMILES string of the molecule is COc1cccc(CNC(=O)c2cc(-c3nnn(CC4CCC(CNC(C)=O)CC4)n3)cc(C)n2)c1. The first-order valence-electron chi connectivity index (χ1n) is 12.3. The number of hydrogen-bond acceptors (Lipinski definition) is 7. The van der Waals surface area contributed by atoms with Gasteiger partial charge in [0.15, 0.2) is 0 Å². The highest BCUT2D eigenvalue weighted by molar-refractivity contribution is 5.93. The monoisotopic (exact) mass is 491 g/mol. The molecular weight excluding hydrogens is 458 g/mol. The molecule has 2 aromatic heterocycles. The number of aryl methyl sites for hydroxylation is 1. The number of rotatable bonds is 9. The van der Waals surface area contributed by atoms with Crippen LogP contribution >= 0.6 is 0 Å². The molecule has 2 N–H and O–H groups in total. The van der Waals surface area contributed by atoms with Crippen molar-refractivity contribution in [1.82, 2.24) is 35.8 Å². The van der Waals surface area contributed by atoms with Gasteiger partial charge in [0.05, 0.1) is 13.7 Å². The quantitative estimate of drug-likeness (QED) is 0.472. The number of nitrogens with one attached hydrogen (secondary N) is 2. The third-order valence-electron chi connectivity index (χ3n) is 6.51. The molecule has 1 saturated carbocycles. The summed E-state index contributed by atoms with van der Waals surface area (Å²) < 4.78 is 5.24. The van der Waals surface area contributed by atoms with Gasteiger partial charge < -0.3 is 15.4 Å². The van der Waals surface area contributed by atoms with E-state index in [1.54, 1.807) is 24.9 Å². The lowest BCUT2D eigenvalue weighted by Crippen LogP contribution is -2.30. The van der Waals surface area contributed by atoms with Gasteiger partial charge in [0, 0.05) is 31.3 Å². The van der Waals surface area contributed by atoms with Crippen LogP contribution in [0.15, 0.2) is 36.4 Å². The van der Waals surface area contributed by atoms with Crippen LogP contribution in [-0.4, -0.2) is 50.7 Å². The van der Waals surface area contributed by atoms with Gasteiger partial charge in [0.2, 0.25) is 11.7 Å². The fourth-order valence-corrected chi connectivity index (χ4v) is 4.54. The van der Waals surface area contributed by atoms with E-state index in [2.05, 4.69) is 31.0 Å². The van der Waals surface area contributed by atoms with Crippen LogP contribution in [0.5, 0.6) is 5.75 Å². The van der Waals surface area contributed by atoms with Crippen LogP contribution in [0.1, 0.15) is 54.4 Å². The maximum Gasteiger partial charge on any atom is 0.270 e. The summed E-state index contributed by atoms with van der Waals surface area (Å²) in [7, 11) is 1.61. The van der Waals surface area contributed by atoms with E-state index in [0.717, 1.165) is 43.5 Å². The molecule has 1 aromatic carbocycles. The highest BCUT2D eigenvalue weighted by atomic mass is 16.5. The molecule has 0 radical (unpaired) electrons. The topological polar surface area (TPSA) is 124 Å². The Morgan fingerprint density at radius 1 is 1.08 bits per heavy atom. The maximum absolute atomic E-state index is 12.8. The molecule has 1 aliphatic rings. The molecule has 0 bridgehead atoms. The van der Waals surface area contributed by atoms with Gasteiger partial charge in [0.1, 0.15) is 11.4 Å². The predicted octanol–water partition coefficient (Wildman–Crippen LogP) is 2.92. The van der Waals surface area contributed by atoms with Crippen molar-refractivity contribution in [3.63, 3.8) is 0 Å². The predicted molar refractivity (Wildman–Crippen MR) is 134 cm³/mol. The van der Waals surface area contributed by atoms with Crippen molar-refractivity contribution < 1.29 is 14.3 Å². The molecule has 1 aliphatic carbocycles. The Kier molecular flexibility index (Phi) is 8.24. The van der Waals surface area contributed by atoms with Gasteiger partial charge in [-0.2, -0.15) is 4.80 Å². The number of pyridine rings is 1. The second kappa shape index (κ2) is 11.7. The minimum Gasteiger partial charge on any atom is -0.497 e. The van der Waals surface area contributed by atoms with E-state index in [9.17, 15) is 9.59 Å². The minimum atomic E-state index is -0.272. The van der Waals surface area contributed by atoms with Crippen LogP contribution in [0.25, 0.3) is 11.4 Å². The van der Waals surface area contributed by atoms with E-state index in [1.807, 2.05) is 37.3 Å². The normalized spacial score (nSPS) is 17.4. The summed E-state index contributed by atoms with van der Waals surface area (Å²) in [5.74, 6) is 1.99. The van der Waals surface area contributed by atoms with Crippen molar-refractivity contribution in [2.24, 2.45) is 11.8 Å². The summed E-state index contributed by atoms with van der Waals surface area (Å²) in [6.07, 6.45) is 4.33. The highest BCUT2D eigenvalue weighted by Crippen LogP contribution is 2.29. The number of tetrazole rings is 1. The van der Waals surface area contributed by atoms with Crippen molar-refractivity contribution >= 4 is 11.8 Å². The molecule has 10 nitrogen and oxygen atoms in total. The number of benzene rings is 1. The zero-order valence-electron chi connectivity index (χ0n) is 21.0. The average molecular weight is 492 g/mol. The Labute approximate surface area is 210 Å². The Morgan fingerprint density at radius 3 is 2.61 bits per heavy atom. The van der Waals surface area contributed by atoms with Gasteiger partial charge in [-0.1, -0.05) is 12.1 Å². The Balaban J connectivity index is 1.35. The van der Waals surface area contributed by atoms with Crippen LogP contribution < -0.4 is 15.4 Å². The maximum atomic E-state index is 12.8. The molecule has 0 saturated heterocycles. The summed E-state index contributed by atoms with van der Waals surface area (Å²) in [6.45, 7) is 5.22. The van der Waals surface area contributed by atoms with Gasteiger partial charge in [-0.3, -0.25) is 9.59 Å². The minimum absolute atomic E-state index is 0.0281. The Bertz CT molecular complexity index is 1200. The van der Waals surface area contributed by atoms with E-state index in [1.165, 1.54) is 0 Å².